The lowest BCUT2D eigenvalue weighted by molar-refractivity contribution is -0.150. The lowest BCUT2D eigenvalue weighted by Crippen LogP contribution is -2.46. The van der Waals surface area contributed by atoms with Crippen LogP contribution in [-0.4, -0.2) is 37.7 Å². The number of anilines is 1. The number of aryl methyl sites for hydroxylation is 1. The Hall–Kier alpha value is -3.20. The molecule has 0 radical (unpaired) electrons. The Balaban J connectivity index is 1.64. The van der Waals surface area contributed by atoms with Crippen molar-refractivity contribution in [2.24, 2.45) is 0 Å². The number of nitrogens with one attached hydrogen (secondary N) is 2. The average molecular weight is 459 g/mol. The topological polar surface area (TPSA) is 119 Å². The van der Waals surface area contributed by atoms with Crippen molar-refractivity contribution in [3.63, 3.8) is 0 Å². The molecule has 0 unspecified atom stereocenters. The van der Waals surface area contributed by atoms with Gasteiger partial charge in [0.1, 0.15) is 0 Å². The molecule has 0 bridgehead atoms. The van der Waals surface area contributed by atoms with Crippen LogP contribution in [0.4, 0.5) is 10.5 Å². The van der Waals surface area contributed by atoms with Crippen molar-refractivity contribution in [3.05, 3.63) is 59.7 Å². The van der Waals surface area contributed by atoms with Crippen molar-refractivity contribution in [1.29, 1.82) is 0 Å². The first-order chi connectivity index (χ1) is 15.2. The maximum absolute atomic E-state index is 13.2. The first-order valence-electron chi connectivity index (χ1n) is 10.3. The molecule has 1 fully saturated rings. The van der Waals surface area contributed by atoms with Gasteiger partial charge < -0.3 is 10.1 Å². The van der Waals surface area contributed by atoms with Crippen LogP contribution in [0.2, 0.25) is 0 Å². The second-order valence-electron chi connectivity index (χ2n) is 7.84. The van der Waals surface area contributed by atoms with Crippen molar-refractivity contribution < 1.29 is 27.5 Å². The summed E-state index contributed by atoms with van der Waals surface area (Å²) in [5, 5.41) is 4.66. The van der Waals surface area contributed by atoms with Gasteiger partial charge in [-0.2, -0.15) is 0 Å². The van der Waals surface area contributed by atoms with Gasteiger partial charge in [-0.05, 0) is 56.0 Å². The number of sulfone groups is 1. The summed E-state index contributed by atoms with van der Waals surface area (Å²) in [5.74, 6) is -1.82. The summed E-state index contributed by atoms with van der Waals surface area (Å²) < 4.78 is 29.8. The Kier molecular flexibility index (Phi) is 6.98. The third-order valence-corrected chi connectivity index (χ3v) is 8.29. The molecule has 170 valence electrons. The van der Waals surface area contributed by atoms with E-state index < -0.39 is 39.1 Å². The van der Waals surface area contributed by atoms with Crippen LogP contribution in [0.5, 0.6) is 0 Å². The third kappa shape index (κ3) is 4.67. The molecule has 0 atom stereocenters. The first-order valence-corrected chi connectivity index (χ1v) is 11.8. The molecule has 0 aromatic heterocycles. The standard InChI is InChI=1S/C23H26N2O6S/c1-16-9-8-12-19(17(16)2)24-22(28)25-20(26)15-31-21(27)23(13-6-7-14-23)32(29,30)18-10-4-3-5-11-18/h3-5,8-12H,6-7,13-15H2,1-2H3,(H2,24,25,26,28). The van der Waals surface area contributed by atoms with Crippen LogP contribution in [0, 0.1) is 13.8 Å². The highest BCUT2D eigenvalue weighted by Gasteiger charge is 2.54. The summed E-state index contributed by atoms with van der Waals surface area (Å²) in [4.78, 5) is 37.2. The summed E-state index contributed by atoms with van der Waals surface area (Å²) >= 11 is 0. The fourth-order valence-corrected chi connectivity index (χ4v) is 5.89. The van der Waals surface area contributed by atoms with Crippen LogP contribution in [0.3, 0.4) is 0 Å². The third-order valence-electron chi connectivity index (χ3n) is 5.79. The molecule has 1 saturated carbocycles. The zero-order valence-electron chi connectivity index (χ0n) is 18.0. The van der Waals surface area contributed by atoms with Gasteiger partial charge in [-0.1, -0.05) is 43.2 Å². The van der Waals surface area contributed by atoms with Crippen molar-refractivity contribution in [3.8, 4) is 0 Å². The van der Waals surface area contributed by atoms with Crippen molar-refractivity contribution >= 4 is 33.4 Å². The van der Waals surface area contributed by atoms with E-state index in [0.29, 0.717) is 18.5 Å². The number of hydrogen-bond acceptors (Lipinski definition) is 6. The van der Waals surface area contributed by atoms with Crippen LogP contribution in [0.15, 0.2) is 53.4 Å². The van der Waals surface area contributed by atoms with Gasteiger partial charge in [0, 0.05) is 5.69 Å². The summed E-state index contributed by atoms with van der Waals surface area (Å²) in [6.07, 6.45) is 1.37. The monoisotopic (exact) mass is 458 g/mol. The van der Waals surface area contributed by atoms with Gasteiger partial charge in [0.25, 0.3) is 5.91 Å². The van der Waals surface area contributed by atoms with Crippen LogP contribution < -0.4 is 10.6 Å². The summed E-state index contributed by atoms with van der Waals surface area (Å²) in [5.41, 5.74) is 2.38. The largest absolute Gasteiger partial charge is 0.454 e. The maximum atomic E-state index is 13.2. The van der Waals surface area contributed by atoms with Gasteiger partial charge in [0.15, 0.2) is 21.2 Å². The Morgan fingerprint density at radius 3 is 2.28 bits per heavy atom. The zero-order chi connectivity index (χ0) is 23.4. The van der Waals surface area contributed by atoms with Crippen LogP contribution in [-0.2, 0) is 24.2 Å². The van der Waals surface area contributed by atoms with Gasteiger partial charge in [-0.25, -0.2) is 13.2 Å². The highest BCUT2D eigenvalue weighted by molar-refractivity contribution is 7.93. The Morgan fingerprint density at radius 1 is 0.969 bits per heavy atom. The fourth-order valence-electron chi connectivity index (χ4n) is 3.82. The number of carbonyl (C=O) groups excluding carboxylic acids is 3. The minimum absolute atomic E-state index is 0.0382. The van der Waals surface area contributed by atoms with Crippen LogP contribution >= 0.6 is 0 Å². The highest BCUT2D eigenvalue weighted by atomic mass is 32.2. The normalized spacial score (nSPS) is 15.1. The molecule has 2 N–H and O–H groups in total. The van der Waals surface area contributed by atoms with E-state index in [-0.39, 0.29) is 17.7 Å². The molecule has 3 amide bonds. The molecule has 3 rings (SSSR count). The highest BCUT2D eigenvalue weighted by Crippen LogP contribution is 2.41. The molecule has 0 aliphatic heterocycles. The predicted molar refractivity (Wildman–Crippen MR) is 119 cm³/mol. The van der Waals surface area contributed by atoms with E-state index in [1.165, 1.54) is 12.1 Å². The Bertz CT molecular complexity index is 1120. The van der Waals surface area contributed by atoms with Crippen LogP contribution in [0.25, 0.3) is 0 Å². The SMILES string of the molecule is Cc1cccc(NC(=O)NC(=O)COC(=O)C2(S(=O)(=O)c3ccccc3)CCCC2)c1C. The summed E-state index contributed by atoms with van der Waals surface area (Å²) in [6.45, 7) is 2.97. The smallest absolute Gasteiger partial charge is 0.328 e. The van der Waals surface area contributed by atoms with Gasteiger partial charge in [0.05, 0.1) is 4.90 Å². The average Bonchev–Trinajstić information content (AvgIpc) is 3.28. The van der Waals surface area contributed by atoms with E-state index in [1.54, 1.807) is 30.3 Å². The number of imide groups is 1. The molecule has 2 aromatic rings. The van der Waals surface area contributed by atoms with Crippen molar-refractivity contribution in [2.45, 2.75) is 49.2 Å². The second-order valence-corrected chi connectivity index (χ2v) is 10.1. The number of urea groups is 1. The fraction of sp³-hybridized carbons (Fsp3) is 0.348. The number of esters is 1. The molecule has 1 aliphatic rings. The number of amides is 3. The number of hydrogen-bond donors (Lipinski definition) is 2. The number of rotatable bonds is 6. The lowest BCUT2D eigenvalue weighted by Gasteiger charge is -2.26. The molecule has 2 aromatic carbocycles. The molecular weight excluding hydrogens is 432 g/mol. The van der Waals surface area contributed by atoms with E-state index in [0.717, 1.165) is 11.1 Å². The van der Waals surface area contributed by atoms with Gasteiger partial charge in [0.2, 0.25) is 0 Å². The molecule has 0 heterocycles. The minimum atomic E-state index is -4.01. The molecule has 0 saturated heterocycles. The van der Waals surface area contributed by atoms with Gasteiger partial charge >= 0.3 is 12.0 Å². The molecule has 32 heavy (non-hydrogen) atoms. The lowest BCUT2D eigenvalue weighted by atomic mass is 10.1. The molecule has 8 nitrogen and oxygen atoms in total. The first kappa shape index (κ1) is 23.5. The second kappa shape index (κ2) is 9.52. The van der Waals surface area contributed by atoms with Gasteiger partial charge in [-0.3, -0.25) is 14.9 Å². The van der Waals surface area contributed by atoms with Crippen molar-refractivity contribution in [1.82, 2.24) is 5.32 Å². The summed E-state index contributed by atoms with van der Waals surface area (Å²) in [6, 6.07) is 12.3. The Morgan fingerprint density at radius 2 is 1.62 bits per heavy atom. The zero-order valence-corrected chi connectivity index (χ0v) is 18.8. The number of benzene rings is 2. The van der Waals surface area contributed by atoms with E-state index >= 15 is 0 Å². The molecule has 0 spiro atoms. The van der Waals surface area contributed by atoms with Crippen molar-refractivity contribution in [2.75, 3.05) is 11.9 Å². The quantitative estimate of drug-likeness (QED) is 0.641. The van der Waals surface area contributed by atoms with Crippen LogP contribution in [0.1, 0.15) is 36.8 Å². The van der Waals surface area contributed by atoms with Gasteiger partial charge in [-0.15, -0.1) is 0 Å². The minimum Gasteiger partial charge on any atom is -0.454 e. The van der Waals surface area contributed by atoms with E-state index in [9.17, 15) is 22.8 Å². The van der Waals surface area contributed by atoms with E-state index in [2.05, 4.69) is 10.6 Å². The summed E-state index contributed by atoms with van der Waals surface area (Å²) in [7, 11) is -4.01. The number of carbonyl (C=O) groups is 3. The predicted octanol–water partition coefficient (Wildman–Crippen LogP) is 3.28. The maximum Gasteiger partial charge on any atom is 0.328 e. The van der Waals surface area contributed by atoms with E-state index in [1.807, 2.05) is 19.9 Å². The molecular formula is C23H26N2O6S. The molecule has 9 heteroatoms. The van der Waals surface area contributed by atoms with E-state index in [4.69, 9.17) is 4.74 Å². The number of ether oxygens (including phenoxy) is 1. The molecule has 1 aliphatic carbocycles. The Labute approximate surface area is 187 Å².